The van der Waals surface area contributed by atoms with Crippen LogP contribution in [0.25, 0.3) is 0 Å². The van der Waals surface area contributed by atoms with Gasteiger partial charge in [-0.05, 0) is 46.2 Å². The van der Waals surface area contributed by atoms with Crippen LogP contribution in [0.15, 0.2) is 115 Å². The number of nitrogens with one attached hydrogen (secondary N) is 2. The molecule has 3 atom stereocenters. The Morgan fingerprint density at radius 2 is 1.22 bits per heavy atom. The average molecular weight is 758 g/mol. The van der Waals surface area contributed by atoms with Crippen LogP contribution in [0.4, 0.5) is 13.6 Å². The highest BCUT2D eigenvalue weighted by Crippen LogP contribution is 2.24. The first-order valence-corrected chi connectivity index (χ1v) is 18.2. The van der Waals surface area contributed by atoms with Crippen molar-refractivity contribution in [3.8, 4) is 5.75 Å². The van der Waals surface area contributed by atoms with Gasteiger partial charge >= 0.3 is 12.0 Å². The molecule has 3 amide bonds. The topological polar surface area (TPSA) is 134 Å². The van der Waals surface area contributed by atoms with E-state index in [1.165, 1.54) is 0 Å². The number of carbonyl (C=O) groups excluding carboxylic acids is 3. The minimum atomic E-state index is -4.58. The van der Waals surface area contributed by atoms with Crippen molar-refractivity contribution in [2.75, 3.05) is 6.61 Å². The summed E-state index contributed by atoms with van der Waals surface area (Å²) in [5, 5.41) is 14.9. The van der Waals surface area contributed by atoms with E-state index in [0.717, 1.165) is 16.0 Å². The number of carbonyl (C=O) groups is 4. The second-order valence-corrected chi connectivity index (χ2v) is 14.0. The monoisotopic (exact) mass is 757 g/mol. The fourth-order valence-electron chi connectivity index (χ4n) is 5.90. The number of ether oxygens (including phenoxy) is 2. The number of carboxylic acid groups (broad SMARTS) is 1. The molecule has 0 aromatic heterocycles. The molecule has 0 aliphatic heterocycles. The fraction of sp³-hybridized carbons (Fsp3) is 0.349. The molecule has 3 N–H and O–H groups in total. The number of ketones is 1. The Kier molecular flexibility index (Phi) is 15.4. The molecule has 0 saturated carbocycles. The van der Waals surface area contributed by atoms with Gasteiger partial charge in [-0.2, -0.15) is 8.78 Å². The smallest absolute Gasteiger partial charge is 0.408 e. The Balaban J connectivity index is 1.56. The fourth-order valence-corrected chi connectivity index (χ4v) is 5.90. The van der Waals surface area contributed by atoms with Crippen LogP contribution in [0.5, 0.6) is 5.75 Å². The van der Waals surface area contributed by atoms with Gasteiger partial charge in [0.2, 0.25) is 11.7 Å². The first-order chi connectivity index (χ1) is 26.3. The van der Waals surface area contributed by atoms with E-state index in [1.807, 2.05) is 60.7 Å². The molecule has 0 saturated heterocycles. The number of hydrogen-bond donors (Lipinski definition) is 3. The summed E-state index contributed by atoms with van der Waals surface area (Å²) in [4.78, 5) is 54.4. The maximum Gasteiger partial charge on any atom is 0.408 e. The van der Waals surface area contributed by atoms with Crippen molar-refractivity contribution in [1.29, 1.82) is 0 Å². The van der Waals surface area contributed by atoms with Gasteiger partial charge in [-0.25, -0.2) is 4.79 Å². The summed E-state index contributed by atoms with van der Waals surface area (Å²) in [5.41, 5.74) is 2.78. The maximum absolute atomic E-state index is 16.0. The molecule has 0 bridgehead atoms. The van der Waals surface area contributed by atoms with E-state index in [-0.39, 0.29) is 32.3 Å². The van der Waals surface area contributed by atoms with Crippen LogP contribution in [-0.2, 0) is 45.3 Å². The molecule has 55 heavy (non-hydrogen) atoms. The van der Waals surface area contributed by atoms with Crippen molar-refractivity contribution in [2.24, 2.45) is 11.8 Å². The van der Waals surface area contributed by atoms with E-state index < -0.39 is 60.1 Å². The standard InChI is InChI=1S/C43H49F2N3O7/c1-29(2)37(28-54-26-33-16-10-6-11-17-33)47-41(51)43(44,45)39(49)36(24-31-20-22-35(23-21-31)55-27-34-18-12-7-13-19-34)46-40(50)38(30(3)4)48(42(52)53)25-32-14-8-5-9-15-32/h5-23,29-30,36-38H,24-28H2,1-4H3,(H,46,50)(H,47,51)(H,52,53)/t36?,37-,38-/m0/s1. The molecule has 1 unspecified atom stereocenters. The summed E-state index contributed by atoms with van der Waals surface area (Å²) in [6, 6.07) is 29.5. The minimum Gasteiger partial charge on any atom is -0.489 e. The number of nitrogens with zero attached hydrogens (tertiary/aromatic N) is 1. The lowest BCUT2D eigenvalue weighted by molar-refractivity contribution is -0.161. The molecular formula is C43H49F2N3O7. The Morgan fingerprint density at radius 1 is 0.691 bits per heavy atom. The molecule has 4 rings (SSSR count). The molecule has 0 aliphatic rings. The van der Waals surface area contributed by atoms with Crippen molar-refractivity contribution >= 4 is 23.7 Å². The third kappa shape index (κ3) is 12.5. The number of Topliss-reactive ketones (excluding diaryl/α,β-unsaturated/α-hetero) is 1. The quantitative estimate of drug-likeness (QED) is 0.0823. The van der Waals surface area contributed by atoms with Crippen molar-refractivity contribution in [2.45, 2.75) is 77.9 Å². The highest BCUT2D eigenvalue weighted by Gasteiger charge is 2.51. The van der Waals surface area contributed by atoms with Gasteiger partial charge in [-0.15, -0.1) is 0 Å². The molecular weight excluding hydrogens is 708 g/mol. The molecule has 0 heterocycles. The van der Waals surface area contributed by atoms with Gasteiger partial charge in [0.15, 0.2) is 0 Å². The SMILES string of the molecule is CC(C)[C@H](COCc1ccccc1)NC(=O)C(F)(F)C(=O)C(Cc1ccc(OCc2ccccc2)cc1)NC(=O)[C@H](C(C)C)N(Cc1ccccc1)C(=O)O. The van der Waals surface area contributed by atoms with Crippen molar-refractivity contribution in [1.82, 2.24) is 15.5 Å². The number of alkyl halides is 2. The van der Waals surface area contributed by atoms with Gasteiger partial charge in [-0.3, -0.25) is 19.3 Å². The van der Waals surface area contributed by atoms with Crippen LogP contribution in [0.1, 0.15) is 49.9 Å². The molecule has 0 fully saturated rings. The molecule has 10 nitrogen and oxygen atoms in total. The highest BCUT2D eigenvalue weighted by molar-refractivity contribution is 6.10. The summed E-state index contributed by atoms with van der Waals surface area (Å²) in [6.45, 7) is 6.89. The van der Waals surface area contributed by atoms with Gasteiger partial charge in [-0.1, -0.05) is 131 Å². The maximum atomic E-state index is 16.0. The molecule has 4 aromatic rings. The summed E-state index contributed by atoms with van der Waals surface area (Å²) < 4.78 is 43.6. The number of benzene rings is 4. The van der Waals surface area contributed by atoms with E-state index in [2.05, 4.69) is 10.6 Å². The lowest BCUT2D eigenvalue weighted by Crippen LogP contribution is -2.60. The Hall–Kier alpha value is -5.62. The second kappa shape index (κ2) is 20.2. The molecule has 292 valence electrons. The zero-order valence-corrected chi connectivity index (χ0v) is 31.5. The number of hydrogen-bond acceptors (Lipinski definition) is 6. The Bertz CT molecular complexity index is 1830. The van der Waals surface area contributed by atoms with Crippen molar-refractivity contribution < 1.29 is 42.5 Å². The predicted octanol–water partition coefficient (Wildman–Crippen LogP) is 7.06. The number of rotatable bonds is 20. The molecule has 0 aliphatic carbocycles. The van der Waals surface area contributed by atoms with Crippen LogP contribution in [-0.4, -0.2) is 64.4 Å². The van der Waals surface area contributed by atoms with Crippen LogP contribution >= 0.6 is 0 Å². The zero-order valence-electron chi connectivity index (χ0n) is 31.5. The van der Waals surface area contributed by atoms with E-state index in [0.29, 0.717) is 16.9 Å². The second-order valence-electron chi connectivity index (χ2n) is 14.0. The number of amides is 3. The predicted molar refractivity (Wildman–Crippen MR) is 204 cm³/mol. The van der Waals surface area contributed by atoms with Crippen LogP contribution in [0.3, 0.4) is 0 Å². The van der Waals surface area contributed by atoms with Gasteiger partial charge < -0.3 is 25.2 Å². The number of halogens is 2. The first-order valence-electron chi connectivity index (χ1n) is 18.2. The molecule has 0 radical (unpaired) electrons. The summed E-state index contributed by atoms with van der Waals surface area (Å²) in [6.07, 6.45) is -1.83. The van der Waals surface area contributed by atoms with Crippen LogP contribution < -0.4 is 15.4 Å². The van der Waals surface area contributed by atoms with Gasteiger partial charge in [0, 0.05) is 13.0 Å². The first kappa shape index (κ1) is 42.1. The summed E-state index contributed by atoms with van der Waals surface area (Å²) in [5.74, 6) is -9.68. The third-order valence-corrected chi connectivity index (χ3v) is 9.05. The zero-order chi connectivity index (χ0) is 40.0. The largest absolute Gasteiger partial charge is 0.489 e. The lowest BCUT2D eigenvalue weighted by Gasteiger charge is -2.33. The van der Waals surface area contributed by atoms with Gasteiger partial charge in [0.1, 0.15) is 18.4 Å². The minimum absolute atomic E-state index is 0.0933. The molecule has 0 spiro atoms. The lowest BCUT2D eigenvalue weighted by atomic mass is 9.95. The molecule has 4 aromatic carbocycles. The summed E-state index contributed by atoms with van der Waals surface area (Å²) >= 11 is 0. The van der Waals surface area contributed by atoms with Gasteiger partial charge in [0.05, 0.1) is 25.3 Å². The normalized spacial score (nSPS) is 13.1. The van der Waals surface area contributed by atoms with E-state index in [1.54, 1.807) is 82.3 Å². The van der Waals surface area contributed by atoms with E-state index in [4.69, 9.17) is 9.47 Å². The van der Waals surface area contributed by atoms with Crippen LogP contribution in [0.2, 0.25) is 0 Å². The average Bonchev–Trinajstić information content (AvgIpc) is 3.17. The highest BCUT2D eigenvalue weighted by atomic mass is 19.3. The van der Waals surface area contributed by atoms with E-state index in [9.17, 15) is 24.3 Å². The van der Waals surface area contributed by atoms with E-state index >= 15 is 8.78 Å². The van der Waals surface area contributed by atoms with Crippen LogP contribution in [0, 0.1) is 11.8 Å². The molecule has 12 heteroatoms. The Morgan fingerprint density at radius 3 is 1.73 bits per heavy atom. The van der Waals surface area contributed by atoms with Gasteiger partial charge in [0.25, 0.3) is 5.91 Å². The summed E-state index contributed by atoms with van der Waals surface area (Å²) in [7, 11) is 0. The third-order valence-electron chi connectivity index (χ3n) is 9.05. The van der Waals surface area contributed by atoms with Crippen molar-refractivity contribution in [3.63, 3.8) is 0 Å². The van der Waals surface area contributed by atoms with Crippen molar-refractivity contribution in [3.05, 3.63) is 138 Å². The Labute approximate surface area is 320 Å².